The van der Waals surface area contributed by atoms with E-state index < -0.39 is 16.7 Å². The second-order valence-electron chi connectivity index (χ2n) is 6.87. The fourth-order valence-electron chi connectivity index (χ4n) is 3.73. The third-order valence-electron chi connectivity index (χ3n) is 5.23. The number of hydrogen-bond donors (Lipinski definition) is 1. The molecular formula is C18H14ClF2N5. The van der Waals surface area contributed by atoms with Crippen molar-refractivity contribution in [1.29, 1.82) is 0 Å². The quantitative estimate of drug-likeness (QED) is 0.694. The van der Waals surface area contributed by atoms with Gasteiger partial charge in [-0.25, -0.2) is 23.7 Å². The van der Waals surface area contributed by atoms with Crippen molar-refractivity contribution < 1.29 is 8.78 Å². The van der Waals surface area contributed by atoms with E-state index in [1.807, 2.05) is 0 Å². The van der Waals surface area contributed by atoms with Crippen molar-refractivity contribution in [3.63, 3.8) is 0 Å². The third-order valence-corrected chi connectivity index (χ3v) is 5.58. The lowest BCUT2D eigenvalue weighted by atomic mass is 10.0. The molecule has 8 heteroatoms. The number of pyridine rings is 1. The molecule has 5 nitrogen and oxygen atoms in total. The van der Waals surface area contributed by atoms with Gasteiger partial charge in [0.05, 0.1) is 0 Å². The van der Waals surface area contributed by atoms with E-state index in [1.54, 1.807) is 6.07 Å². The summed E-state index contributed by atoms with van der Waals surface area (Å²) in [5, 5.41) is -0.543. The average Bonchev–Trinajstić information content (AvgIpc) is 3.25. The zero-order chi connectivity index (χ0) is 18.0. The Kier molecular flexibility index (Phi) is 3.31. The molecule has 3 heterocycles. The summed E-state index contributed by atoms with van der Waals surface area (Å²) >= 11 is 5.77. The minimum Gasteiger partial charge on any atom is -0.382 e. The summed E-state index contributed by atoms with van der Waals surface area (Å²) in [5.41, 5.74) is 7.43. The van der Waals surface area contributed by atoms with Crippen molar-refractivity contribution in [1.82, 2.24) is 15.0 Å². The number of aromatic nitrogens is 3. The minimum atomic E-state index is -0.827. The lowest BCUT2D eigenvalue weighted by molar-refractivity contribution is 0.586. The van der Waals surface area contributed by atoms with Crippen molar-refractivity contribution in [3.8, 4) is 11.1 Å². The number of piperidine rings is 1. The first-order valence-corrected chi connectivity index (χ1v) is 8.70. The molecule has 2 aliphatic rings. The first kappa shape index (κ1) is 15.7. The first-order valence-electron chi connectivity index (χ1n) is 8.33. The van der Waals surface area contributed by atoms with Crippen LogP contribution in [0.2, 0.25) is 5.02 Å². The van der Waals surface area contributed by atoms with Gasteiger partial charge in [-0.2, -0.15) is 0 Å². The van der Waals surface area contributed by atoms with Crippen LogP contribution in [0.3, 0.4) is 0 Å². The van der Waals surface area contributed by atoms with Gasteiger partial charge in [0.1, 0.15) is 34.0 Å². The van der Waals surface area contributed by atoms with Gasteiger partial charge in [-0.3, -0.25) is 0 Å². The van der Waals surface area contributed by atoms with Crippen LogP contribution >= 0.6 is 11.6 Å². The van der Waals surface area contributed by atoms with Crippen LogP contribution in [-0.4, -0.2) is 28.0 Å². The van der Waals surface area contributed by atoms with Crippen LogP contribution in [0, 0.1) is 23.5 Å². The van der Waals surface area contributed by atoms with Gasteiger partial charge in [0.2, 0.25) is 0 Å². The van der Waals surface area contributed by atoms with Gasteiger partial charge in [0.15, 0.2) is 11.6 Å². The van der Waals surface area contributed by atoms with Gasteiger partial charge < -0.3 is 10.6 Å². The molecule has 0 spiro atoms. The molecule has 1 aromatic carbocycles. The molecule has 0 bridgehead atoms. The van der Waals surface area contributed by atoms with E-state index in [2.05, 4.69) is 19.9 Å². The predicted octanol–water partition coefficient (Wildman–Crippen LogP) is 3.66. The Bertz CT molecular complexity index is 1050. The van der Waals surface area contributed by atoms with Crippen molar-refractivity contribution in [2.45, 2.75) is 6.42 Å². The number of nitrogens with zero attached hydrogens (tertiary/aromatic N) is 4. The third kappa shape index (κ3) is 2.30. The van der Waals surface area contributed by atoms with Crippen molar-refractivity contribution >= 4 is 34.3 Å². The Morgan fingerprint density at radius 3 is 2.62 bits per heavy atom. The van der Waals surface area contributed by atoms with Gasteiger partial charge in [0.25, 0.3) is 0 Å². The molecular weight excluding hydrogens is 360 g/mol. The van der Waals surface area contributed by atoms with E-state index in [1.165, 1.54) is 18.8 Å². The summed E-state index contributed by atoms with van der Waals surface area (Å²) < 4.78 is 28.3. The van der Waals surface area contributed by atoms with E-state index in [-0.39, 0.29) is 11.4 Å². The predicted molar refractivity (Wildman–Crippen MR) is 95.9 cm³/mol. The molecule has 1 saturated carbocycles. The van der Waals surface area contributed by atoms with E-state index >= 15 is 0 Å². The lowest BCUT2D eigenvalue weighted by Gasteiger charge is -2.21. The molecule has 2 atom stereocenters. The van der Waals surface area contributed by atoms with Crippen LogP contribution in [0.4, 0.5) is 20.4 Å². The Morgan fingerprint density at radius 2 is 1.85 bits per heavy atom. The van der Waals surface area contributed by atoms with Crippen molar-refractivity contribution in [2.24, 2.45) is 11.8 Å². The van der Waals surface area contributed by atoms with E-state index in [0.717, 1.165) is 19.2 Å². The van der Waals surface area contributed by atoms with E-state index in [0.29, 0.717) is 34.3 Å². The van der Waals surface area contributed by atoms with Gasteiger partial charge in [-0.05, 0) is 36.5 Å². The van der Waals surface area contributed by atoms with Crippen LogP contribution in [0.15, 0.2) is 24.5 Å². The number of benzene rings is 1. The molecule has 26 heavy (non-hydrogen) atoms. The topological polar surface area (TPSA) is 67.9 Å². The number of rotatable bonds is 2. The van der Waals surface area contributed by atoms with Crippen LogP contribution in [0.1, 0.15) is 6.42 Å². The molecule has 1 aliphatic heterocycles. The van der Waals surface area contributed by atoms with E-state index in [9.17, 15) is 8.78 Å². The van der Waals surface area contributed by atoms with Gasteiger partial charge >= 0.3 is 0 Å². The van der Waals surface area contributed by atoms with E-state index in [4.69, 9.17) is 17.3 Å². The maximum atomic E-state index is 14.7. The molecule has 5 rings (SSSR count). The average molecular weight is 374 g/mol. The zero-order valence-corrected chi connectivity index (χ0v) is 14.3. The second kappa shape index (κ2) is 5.48. The Balaban J connectivity index is 1.75. The lowest BCUT2D eigenvalue weighted by Crippen LogP contribution is -2.23. The molecule has 2 aromatic heterocycles. The molecule has 3 aromatic rings. The fraction of sp³-hybridized carbons (Fsp3) is 0.278. The summed E-state index contributed by atoms with van der Waals surface area (Å²) in [6.45, 7) is 1.84. The van der Waals surface area contributed by atoms with Crippen molar-refractivity contribution in [2.75, 3.05) is 23.7 Å². The standard InChI is InChI=1S/C18H14ClF2N5/c19-14-12(20)2-1-10(15(14)21)11-4-13(26-5-8-3-9(8)6-26)25-17-16(11)23-7-24-18(17)22/h1-2,4,7-9H,3,5-6H2,(H2,22,23,24)/t8-,9+. The van der Waals surface area contributed by atoms with Crippen LogP contribution in [-0.2, 0) is 0 Å². The molecule has 132 valence electrons. The zero-order valence-electron chi connectivity index (χ0n) is 13.6. The Hall–Kier alpha value is -2.54. The van der Waals surface area contributed by atoms with Crippen LogP contribution in [0.5, 0.6) is 0 Å². The normalized spacial score (nSPS) is 21.3. The molecule has 0 radical (unpaired) electrons. The highest BCUT2D eigenvalue weighted by Gasteiger charge is 2.45. The van der Waals surface area contributed by atoms with Crippen LogP contribution in [0.25, 0.3) is 22.2 Å². The number of anilines is 2. The monoisotopic (exact) mass is 373 g/mol. The number of halogens is 3. The largest absolute Gasteiger partial charge is 0.382 e. The maximum Gasteiger partial charge on any atom is 0.153 e. The Morgan fingerprint density at radius 1 is 1.08 bits per heavy atom. The van der Waals surface area contributed by atoms with Crippen molar-refractivity contribution in [3.05, 3.63) is 41.2 Å². The molecule has 1 aliphatic carbocycles. The summed E-state index contributed by atoms with van der Waals surface area (Å²) in [7, 11) is 0. The fourth-order valence-corrected chi connectivity index (χ4v) is 3.90. The Labute approximate surface area is 152 Å². The molecule has 2 N–H and O–H groups in total. The summed E-state index contributed by atoms with van der Waals surface area (Å²) in [6.07, 6.45) is 2.56. The summed E-state index contributed by atoms with van der Waals surface area (Å²) in [4.78, 5) is 15.0. The number of hydrogen-bond acceptors (Lipinski definition) is 5. The highest BCUT2D eigenvalue weighted by molar-refractivity contribution is 6.31. The number of fused-ring (bicyclic) bond motifs is 2. The number of nitrogens with two attached hydrogens (primary N) is 1. The van der Waals surface area contributed by atoms with Gasteiger partial charge in [0, 0.05) is 24.2 Å². The number of nitrogen functional groups attached to an aromatic ring is 1. The highest BCUT2D eigenvalue weighted by atomic mass is 35.5. The van der Waals surface area contributed by atoms with Gasteiger partial charge in [-0.1, -0.05) is 11.6 Å². The summed E-state index contributed by atoms with van der Waals surface area (Å²) in [5.74, 6) is 0.693. The smallest absolute Gasteiger partial charge is 0.153 e. The molecule has 2 fully saturated rings. The second-order valence-corrected chi connectivity index (χ2v) is 7.25. The molecule has 0 amide bonds. The molecule has 1 saturated heterocycles. The maximum absolute atomic E-state index is 14.7. The van der Waals surface area contributed by atoms with Crippen LogP contribution < -0.4 is 10.6 Å². The first-order chi connectivity index (χ1) is 12.5. The summed E-state index contributed by atoms with van der Waals surface area (Å²) in [6, 6.07) is 4.27. The SMILES string of the molecule is Nc1ncnc2c(-c3ccc(F)c(Cl)c3F)cc(N3C[C@H]4C[C@H]4C3)nc12. The molecule has 0 unspecified atom stereocenters. The highest BCUT2D eigenvalue weighted by Crippen LogP contribution is 2.47. The minimum absolute atomic E-state index is 0.160. The van der Waals surface area contributed by atoms with Gasteiger partial charge in [-0.15, -0.1) is 0 Å².